The van der Waals surface area contributed by atoms with Crippen molar-refractivity contribution in [2.75, 3.05) is 18.9 Å². The van der Waals surface area contributed by atoms with Gasteiger partial charge in [0.25, 0.3) is 5.69 Å². The number of hydrogen-bond acceptors (Lipinski definition) is 5. The standard InChI is InChI=1S/C18H21N3O5S/c1-13-5-4-6-17(14(13)2)19-18(22)11-20(3)27(25,26)12-15-7-9-16(10-8-15)21(23)24/h4-10H,11-12H2,1-3H3,(H,19,22). The predicted octanol–water partition coefficient (Wildman–Crippen LogP) is 2.61. The van der Waals surface area contributed by atoms with Crippen LogP contribution in [0, 0.1) is 24.0 Å². The quantitative estimate of drug-likeness (QED) is 0.576. The van der Waals surface area contributed by atoms with Crippen LogP contribution in [0.4, 0.5) is 11.4 Å². The SMILES string of the molecule is Cc1cccc(NC(=O)CN(C)S(=O)(=O)Cc2ccc([N+](=O)[O-])cc2)c1C. The van der Waals surface area contributed by atoms with E-state index in [-0.39, 0.29) is 18.0 Å². The van der Waals surface area contributed by atoms with E-state index in [1.165, 1.54) is 31.3 Å². The summed E-state index contributed by atoms with van der Waals surface area (Å²) in [6, 6.07) is 10.8. The highest BCUT2D eigenvalue weighted by molar-refractivity contribution is 7.88. The third-order valence-corrected chi connectivity index (χ3v) is 5.99. The Morgan fingerprint density at radius 3 is 2.37 bits per heavy atom. The van der Waals surface area contributed by atoms with Gasteiger partial charge in [-0.2, -0.15) is 4.31 Å². The van der Waals surface area contributed by atoms with Crippen molar-refractivity contribution in [2.24, 2.45) is 0 Å². The van der Waals surface area contributed by atoms with Gasteiger partial charge in [0, 0.05) is 24.9 Å². The van der Waals surface area contributed by atoms with Gasteiger partial charge in [-0.15, -0.1) is 0 Å². The Kier molecular flexibility index (Phi) is 6.29. The number of carbonyl (C=O) groups is 1. The van der Waals surface area contributed by atoms with Crippen molar-refractivity contribution >= 4 is 27.3 Å². The molecule has 27 heavy (non-hydrogen) atoms. The first kappa shape index (κ1) is 20.5. The number of nitrogens with zero attached hydrogens (tertiary/aromatic N) is 2. The first-order valence-corrected chi connectivity index (χ1v) is 9.74. The molecule has 1 N–H and O–H groups in total. The number of aryl methyl sites for hydroxylation is 1. The van der Waals surface area contributed by atoms with Crippen molar-refractivity contribution in [3.63, 3.8) is 0 Å². The largest absolute Gasteiger partial charge is 0.325 e. The van der Waals surface area contributed by atoms with Gasteiger partial charge in [-0.05, 0) is 36.6 Å². The van der Waals surface area contributed by atoms with Gasteiger partial charge in [0.1, 0.15) is 0 Å². The topological polar surface area (TPSA) is 110 Å². The lowest BCUT2D eigenvalue weighted by Crippen LogP contribution is -2.35. The van der Waals surface area contributed by atoms with Gasteiger partial charge in [0.2, 0.25) is 15.9 Å². The highest BCUT2D eigenvalue weighted by Gasteiger charge is 2.22. The van der Waals surface area contributed by atoms with Crippen LogP contribution in [0.25, 0.3) is 0 Å². The van der Waals surface area contributed by atoms with Gasteiger partial charge < -0.3 is 5.32 Å². The van der Waals surface area contributed by atoms with E-state index in [1.54, 1.807) is 6.07 Å². The molecule has 9 heteroatoms. The Hall–Kier alpha value is -2.78. The number of nitro groups is 1. The van der Waals surface area contributed by atoms with Gasteiger partial charge in [-0.3, -0.25) is 14.9 Å². The molecule has 0 bridgehead atoms. The second-order valence-electron chi connectivity index (χ2n) is 6.23. The number of rotatable bonds is 7. The zero-order valence-corrected chi connectivity index (χ0v) is 16.1. The minimum absolute atomic E-state index is 0.114. The molecule has 0 spiro atoms. The number of anilines is 1. The van der Waals surface area contributed by atoms with Crippen LogP contribution >= 0.6 is 0 Å². The molecular formula is C18H21N3O5S. The fraction of sp³-hybridized carbons (Fsp3) is 0.278. The molecule has 0 heterocycles. The number of nitrogens with one attached hydrogen (secondary N) is 1. The molecule has 0 aromatic heterocycles. The maximum absolute atomic E-state index is 12.4. The molecule has 0 aliphatic heterocycles. The van der Waals surface area contributed by atoms with Gasteiger partial charge in [-0.25, -0.2) is 8.42 Å². The lowest BCUT2D eigenvalue weighted by Gasteiger charge is -2.17. The van der Waals surface area contributed by atoms with Gasteiger partial charge in [0.15, 0.2) is 0 Å². The molecule has 2 aromatic rings. The van der Waals surface area contributed by atoms with Gasteiger partial charge in [-0.1, -0.05) is 24.3 Å². The van der Waals surface area contributed by atoms with E-state index < -0.39 is 20.9 Å². The summed E-state index contributed by atoms with van der Waals surface area (Å²) in [4.78, 5) is 22.3. The summed E-state index contributed by atoms with van der Waals surface area (Å²) < 4.78 is 25.8. The molecule has 0 aliphatic carbocycles. The summed E-state index contributed by atoms with van der Waals surface area (Å²) in [5.74, 6) is -0.795. The molecule has 2 rings (SSSR count). The summed E-state index contributed by atoms with van der Waals surface area (Å²) in [6.45, 7) is 3.47. The predicted molar refractivity (Wildman–Crippen MR) is 103 cm³/mol. The van der Waals surface area contributed by atoms with Crippen LogP contribution in [-0.2, 0) is 20.6 Å². The Morgan fingerprint density at radius 1 is 1.15 bits per heavy atom. The Morgan fingerprint density at radius 2 is 1.78 bits per heavy atom. The molecule has 0 aliphatic rings. The zero-order valence-electron chi connectivity index (χ0n) is 15.3. The first-order chi connectivity index (χ1) is 12.6. The summed E-state index contributed by atoms with van der Waals surface area (Å²) in [5.41, 5.74) is 2.87. The molecule has 0 saturated heterocycles. The molecule has 0 unspecified atom stereocenters. The number of likely N-dealkylation sites (N-methyl/N-ethyl adjacent to an activating group) is 1. The minimum Gasteiger partial charge on any atom is -0.325 e. The van der Waals surface area contributed by atoms with Crippen molar-refractivity contribution in [2.45, 2.75) is 19.6 Å². The van der Waals surface area contributed by atoms with E-state index in [4.69, 9.17) is 0 Å². The van der Waals surface area contributed by atoms with Crippen LogP contribution in [0.5, 0.6) is 0 Å². The van der Waals surface area contributed by atoms with Crippen LogP contribution in [-0.4, -0.2) is 37.1 Å². The second kappa shape index (κ2) is 8.28. The van der Waals surface area contributed by atoms with E-state index >= 15 is 0 Å². The number of sulfonamides is 1. The van der Waals surface area contributed by atoms with Crippen LogP contribution in [0.15, 0.2) is 42.5 Å². The lowest BCUT2D eigenvalue weighted by molar-refractivity contribution is -0.384. The van der Waals surface area contributed by atoms with Crippen molar-refractivity contribution < 1.29 is 18.1 Å². The van der Waals surface area contributed by atoms with E-state index in [2.05, 4.69) is 5.32 Å². The summed E-state index contributed by atoms with van der Waals surface area (Å²) >= 11 is 0. The number of non-ortho nitro benzene ring substituents is 1. The smallest absolute Gasteiger partial charge is 0.269 e. The van der Waals surface area contributed by atoms with E-state index in [0.29, 0.717) is 11.3 Å². The fourth-order valence-electron chi connectivity index (χ4n) is 2.41. The number of carbonyl (C=O) groups excluding carboxylic acids is 1. The zero-order chi connectivity index (χ0) is 20.2. The maximum Gasteiger partial charge on any atom is 0.269 e. The average Bonchev–Trinajstić information content (AvgIpc) is 2.59. The highest BCUT2D eigenvalue weighted by atomic mass is 32.2. The third-order valence-electron chi connectivity index (χ3n) is 4.22. The summed E-state index contributed by atoms with van der Waals surface area (Å²) in [5, 5.41) is 13.4. The van der Waals surface area contributed by atoms with Crippen molar-refractivity contribution in [3.8, 4) is 0 Å². The van der Waals surface area contributed by atoms with Crippen LogP contribution in [0.2, 0.25) is 0 Å². The molecule has 144 valence electrons. The molecule has 8 nitrogen and oxygen atoms in total. The van der Waals surface area contributed by atoms with Crippen molar-refractivity contribution in [1.29, 1.82) is 0 Å². The Bertz CT molecular complexity index is 955. The normalized spacial score (nSPS) is 11.4. The van der Waals surface area contributed by atoms with Gasteiger partial charge >= 0.3 is 0 Å². The number of hydrogen-bond donors (Lipinski definition) is 1. The van der Waals surface area contributed by atoms with Gasteiger partial charge in [0.05, 0.1) is 17.2 Å². The van der Waals surface area contributed by atoms with Crippen molar-refractivity contribution in [3.05, 3.63) is 69.3 Å². The molecule has 0 radical (unpaired) electrons. The Labute approximate surface area is 158 Å². The van der Waals surface area contributed by atoms with Crippen LogP contribution < -0.4 is 5.32 Å². The Balaban J connectivity index is 2.02. The number of nitro benzene ring substituents is 1. The first-order valence-electron chi connectivity index (χ1n) is 8.13. The van der Waals surface area contributed by atoms with Crippen LogP contribution in [0.1, 0.15) is 16.7 Å². The molecular weight excluding hydrogens is 370 g/mol. The molecule has 1 amide bonds. The second-order valence-corrected chi connectivity index (χ2v) is 8.31. The number of benzene rings is 2. The van der Waals surface area contributed by atoms with Crippen LogP contribution in [0.3, 0.4) is 0 Å². The molecule has 0 atom stereocenters. The minimum atomic E-state index is -3.75. The monoisotopic (exact) mass is 391 g/mol. The van der Waals surface area contributed by atoms with E-state index in [1.807, 2.05) is 26.0 Å². The molecule has 2 aromatic carbocycles. The third kappa shape index (κ3) is 5.35. The lowest BCUT2D eigenvalue weighted by atomic mass is 10.1. The maximum atomic E-state index is 12.4. The average molecular weight is 391 g/mol. The summed E-state index contributed by atoms with van der Waals surface area (Å²) in [7, 11) is -2.43. The number of amides is 1. The van der Waals surface area contributed by atoms with E-state index in [9.17, 15) is 23.3 Å². The van der Waals surface area contributed by atoms with Crippen molar-refractivity contribution in [1.82, 2.24) is 4.31 Å². The highest BCUT2D eigenvalue weighted by Crippen LogP contribution is 2.18. The molecule has 0 fully saturated rings. The van der Waals surface area contributed by atoms with E-state index in [0.717, 1.165) is 15.4 Å². The molecule has 0 saturated carbocycles. The summed E-state index contributed by atoms with van der Waals surface area (Å²) in [6.07, 6.45) is 0. The fourth-order valence-corrected chi connectivity index (χ4v) is 3.56.